The SMILES string of the molecule is CCOC(=O)C=CCCc1cc(F)ccc1O[Si](C)(C)C(C)(C)C. The minimum Gasteiger partial charge on any atom is -0.543 e. The van der Waals surface area contributed by atoms with Crippen LogP contribution in [0, 0.1) is 5.82 Å². The van der Waals surface area contributed by atoms with Crippen LogP contribution < -0.4 is 4.43 Å². The van der Waals surface area contributed by atoms with Gasteiger partial charge in [-0.05, 0) is 61.7 Å². The maximum Gasteiger partial charge on any atom is 0.330 e. The van der Waals surface area contributed by atoms with Crippen molar-refractivity contribution in [3.05, 3.63) is 41.7 Å². The van der Waals surface area contributed by atoms with E-state index in [0.717, 1.165) is 11.3 Å². The monoisotopic (exact) mass is 352 g/mol. The fourth-order valence-electron chi connectivity index (χ4n) is 1.88. The lowest BCUT2D eigenvalue weighted by molar-refractivity contribution is -0.137. The van der Waals surface area contributed by atoms with Crippen LogP contribution in [0.5, 0.6) is 5.75 Å². The Morgan fingerprint density at radius 2 is 1.96 bits per heavy atom. The molecule has 134 valence electrons. The van der Waals surface area contributed by atoms with Gasteiger partial charge >= 0.3 is 5.97 Å². The molecule has 24 heavy (non-hydrogen) atoms. The molecular formula is C19H29FO3Si. The molecular weight excluding hydrogens is 323 g/mol. The molecule has 0 aliphatic rings. The van der Waals surface area contributed by atoms with E-state index in [-0.39, 0.29) is 16.8 Å². The van der Waals surface area contributed by atoms with Gasteiger partial charge in [0.2, 0.25) is 8.32 Å². The molecule has 1 aromatic rings. The third kappa shape index (κ3) is 6.11. The maximum absolute atomic E-state index is 13.6. The standard InChI is InChI=1S/C19H29FO3Si/c1-7-22-18(21)11-9-8-10-15-14-16(20)12-13-17(15)23-24(5,6)19(2,3)4/h9,11-14H,7-8,10H2,1-6H3. The minimum atomic E-state index is -1.99. The van der Waals surface area contributed by atoms with Gasteiger partial charge in [0, 0.05) is 6.08 Å². The summed E-state index contributed by atoms with van der Waals surface area (Å²) in [6.07, 6.45) is 4.39. The molecule has 0 heterocycles. The van der Waals surface area contributed by atoms with E-state index in [1.54, 1.807) is 19.1 Å². The topological polar surface area (TPSA) is 35.5 Å². The average molecular weight is 353 g/mol. The van der Waals surface area contributed by atoms with Crippen LogP contribution in [-0.4, -0.2) is 20.9 Å². The van der Waals surface area contributed by atoms with E-state index >= 15 is 0 Å². The Balaban J connectivity index is 2.84. The molecule has 1 aromatic carbocycles. The van der Waals surface area contributed by atoms with E-state index in [1.807, 2.05) is 0 Å². The van der Waals surface area contributed by atoms with E-state index < -0.39 is 8.32 Å². The number of hydrogen-bond donors (Lipinski definition) is 0. The fourth-order valence-corrected chi connectivity index (χ4v) is 2.93. The second-order valence-electron chi connectivity index (χ2n) is 7.31. The molecule has 0 amide bonds. The molecule has 0 N–H and O–H groups in total. The zero-order valence-electron chi connectivity index (χ0n) is 15.6. The van der Waals surface area contributed by atoms with Crippen LogP contribution in [0.1, 0.15) is 39.7 Å². The van der Waals surface area contributed by atoms with Crippen molar-refractivity contribution in [2.75, 3.05) is 6.61 Å². The third-order valence-corrected chi connectivity index (χ3v) is 8.66. The lowest BCUT2D eigenvalue weighted by atomic mass is 10.1. The van der Waals surface area contributed by atoms with Crippen LogP contribution in [0.2, 0.25) is 18.1 Å². The van der Waals surface area contributed by atoms with Gasteiger partial charge in [-0.3, -0.25) is 0 Å². The van der Waals surface area contributed by atoms with Crippen LogP contribution in [0.4, 0.5) is 4.39 Å². The zero-order chi connectivity index (χ0) is 18.4. The van der Waals surface area contributed by atoms with Gasteiger partial charge in [-0.15, -0.1) is 0 Å². The normalized spacial score (nSPS) is 12.5. The molecule has 0 fully saturated rings. The quantitative estimate of drug-likeness (QED) is 0.381. The summed E-state index contributed by atoms with van der Waals surface area (Å²) in [6, 6.07) is 4.65. The van der Waals surface area contributed by atoms with E-state index in [9.17, 15) is 9.18 Å². The second-order valence-corrected chi connectivity index (χ2v) is 12.0. The highest BCUT2D eigenvalue weighted by atomic mass is 28.4. The van der Waals surface area contributed by atoms with Crippen LogP contribution in [0.25, 0.3) is 0 Å². The highest BCUT2D eigenvalue weighted by molar-refractivity contribution is 6.74. The van der Waals surface area contributed by atoms with Crippen molar-refractivity contribution in [1.82, 2.24) is 0 Å². The molecule has 0 bridgehead atoms. The molecule has 0 atom stereocenters. The van der Waals surface area contributed by atoms with Crippen molar-refractivity contribution in [3.63, 3.8) is 0 Å². The summed E-state index contributed by atoms with van der Waals surface area (Å²) in [7, 11) is -1.99. The molecule has 5 heteroatoms. The van der Waals surface area contributed by atoms with E-state index in [4.69, 9.17) is 9.16 Å². The molecule has 0 radical (unpaired) electrons. The zero-order valence-corrected chi connectivity index (χ0v) is 16.6. The summed E-state index contributed by atoms with van der Waals surface area (Å²) in [5.74, 6) is 0.115. The first-order chi connectivity index (χ1) is 11.1. The minimum absolute atomic E-state index is 0.0719. The van der Waals surface area contributed by atoms with Crippen molar-refractivity contribution < 1.29 is 18.3 Å². The number of hydrogen-bond acceptors (Lipinski definition) is 3. The van der Waals surface area contributed by atoms with Gasteiger partial charge < -0.3 is 9.16 Å². The number of rotatable bonds is 7. The summed E-state index contributed by atoms with van der Waals surface area (Å²) in [6.45, 7) is 13.0. The number of allylic oxidation sites excluding steroid dienone is 1. The molecule has 0 unspecified atom stereocenters. The number of benzene rings is 1. The van der Waals surface area contributed by atoms with Gasteiger partial charge in [-0.25, -0.2) is 9.18 Å². The summed E-state index contributed by atoms with van der Waals surface area (Å²) in [5, 5.41) is 0.0719. The molecule has 0 saturated heterocycles. The Bertz CT molecular complexity index is 589. The predicted octanol–water partition coefficient (Wildman–Crippen LogP) is 5.26. The van der Waals surface area contributed by atoms with Gasteiger partial charge in [-0.1, -0.05) is 26.8 Å². The second kappa shape index (κ2) is 8.47. The fraction of sp³-hybridized carbons (Fsp3) is 0.526. The van der Waals surface area contributed by atoms with Crippen LogP contribution in [0.15, 0.2) is 30.4 Å². The smallest absolute Gasteiger partial charge is 0.330 e. The molecule has 0 aliphatic heterocycles. The van der Waals surface area contributed by atoms with Gasteiger partial charge in [0.1, 0.15) is 11.6 Å². The van der Waals surface area contributed by atoms with E-state index in [0.29, 0.717) is 19.4 Å². The predicted molar refractivity (Wildman–Crippen MR) is 98.3 cm³/mol. The lowest BCUT2D eigenvalue weighted by Crippen LogP contribution is -2.44. The molecule has 0 spiro atoms. The highest BCUT2D eigenvalue weighted by Gasteiger charge is 2.39. The van der Waals surface area contributed by atoms with Gasteiger partial charge in [0.25, 0.3) is 0 Å². The number of aryl methyl sites for hydroxylation is 1. The first-order valence-corrected chi connectivity index (χ1v) is 11.3. The van der Waals surface area contributed by atoms with Crippen molar-refractivity contribution in [2.45, 2.75) is 58.7 Å². The lowest BCUT2D eigenvalue weighted by Gasteiger charge is -2.37. The van der Waals surface area contributed by atoms with Crippen molar-refractivity contribution >= 4 is 14.3 Å². The molecule has 0 aromatic heterocycles. The van der Waals surface area contributed by atoms with Crippen molar-refractivity contribution in [2.24, 2.45) is 0 Å². The number of carbonyl (C=O) groups is 1. The number of ether oxygens (including phenoxy) is 1. The number of carbonyl (C=O) groups excluding carboxylic acids is 1. The van der Waals surface area contributed by atoms with Gasteiger partial charge in [0.15, 0.2) is 0 Å². The summed E-state index contributed by atoms with van der Waals surface area (Å²) < 4.78 is 24.8. The highest BCUT2D eigenvalue weighted by Crippen LogP contribution is 2.38. The summed E-state index contributed by atoms with van der Waals surface area (Å²) in [5.41, 5.74) is 0.827. The van der Waals surface area contributed by atoms with Gasteiger partial charge in [-0.2, -0.15) is 0 Å². The first-order valence-electron chi connectivity index (χ1n) is 8.37. The van der Waals surface area contributed by atoms with Crippen LogP contribution in [-0.2, 0) is 16.0 Å². The van der Waals surface area contributed by atoms with E-state index in [1.165, 1.54) is 18.2 Å². The van der Waals surface area contributed by atoms with Crippen molar-refractivity contribution in [1.29, 1.82) is 0 Å². The Kier molecular flexibility index (Phi) is 7.20. The third-order valence-electron chi connectivity index (χ3n) is 4.31. The Labute approximate surface area is 146 Å². The Morgan fingerprint density at radius 1 is 1.29 bits per heavy atom. The molecule has 0 aliphatic carbocycles. The van der Waals surface area contributed by atoms with Gasteiger partial charge in [0.05, 0.1) is 6.61 Å². The van der Waals surface area contributed by atoms with Crippen LogP contribution in [0.3, 0.4) is 0 Å². The number of halogens is 1. The summed E-state index contributed by atoms with van der Waals surface area (Å²) >= 11 is 0. The molecule has 1 rings (SSSR count). The van der Waals surface area contributed by atoms with Crippen LogP contribution >= 0.6 is 0 Å². The Morgan fingerprint density at radius 3 is 2.54 bits per heavy atom. The largest absolute Gasteiger partial charge is 0.543 e. The summed E-state index contributed by atoms with van der Waals surface area (Å²) in [4.78, 5) is 11.3. The number of esters is 1. The van der Waals surface area contributed by atoms with Crippen molar-refractivity contribution in [3.8, 4) is 5.75 Å². The Hall–Kier alpha value is -1.62. The van der Waals surface area contributed by atoms with E-state index in [2.05, 4.69) is 33.9 Å². The first kappa shape index (κ1) is 20.4. The average Bonchev–Trinajstić information content (AvgIpc) is 2.45. The molecule has 0 saturated carbocycles. The molecule has 3 nitrogen and oxygen atoms in total. The maximum atomic E-state index is 13.6.